The minimum absolute atomic E-state index is 0.166. The summed E-state index contributed by atoms with van der Waals surface area (Å²) in [5.41, 5.74) is 0.151. The molecule has 2 heterocycles. The number of carbonyl (C=O) groups is 1. The molecule has 166 valence electrons. The minimum Gasteiger partial charge on any atom is -0.439 e. The van der Waals surface area contributed by atoms with Crippen molar-refractivity contribution in [2.45, 2.75) is 19.2 Å². The molecule has 2 N–H and O–H groups in total. The number of amides is 2. The Labute approximate surface area is 179 Å². The first kappa shape index (κ1) is 21.5. The zero-order valence-corrected chi connectivity index (χ0v) is 16.4. The fourth-order valence-electron chi connectivity index (χ4n) is 3.30. The highest BCUT2D eigenvalue weighted by molar-refractivity contribution is 6.03. The zero-order valence-electron chi connectivity index (χ0n) is 16.4. The quantitative estimate of drug-likeness (QED) is 0.574. The van der Waals surface area contributed by atoms with Crippen molar-refractivity contribution in [2.75, 3.05) is 16.8 Å². The minimum atomic E-state index is -4.87. The monoisotopic (exact) mass is 448 g/mol. The van der Waals surface area contributed by atoms with E-state index in [9.17, 15) is 22.4 Å². The molecule has 0 bridgehead atoms. The van der Waals surface area contributed by atoms with Crippen LogP contribution in [0.3, 0.4) is 0 Å². The number of benzene rings is 2. The molecular formula is C21H16F4N4O3. The summed E-state index contributed by atoms with van der Waals surface area (Å²) >= 11 is 0. The van der Waals surface area contributed by atoms with E-state index in [2.05, 4.69) is 15.3 Å². The summed E-state index contributed by atoms with van der Waals surface area (Å²) in [5.74, 6) is -0.709. The SMILES string of the molecule is O=C(Nc1ccc(F)c(C(F)(F)F)c1)N1CCc2cc(Oc3cc(CO)ncn3)ccc21. The van der Waals surface area contributed by atoms with Gasteiger partial charge < -0.3 is 15.2 Å². The highest BCUT2D eigenvalue weighted by Gasteiger charge is 2.34. The molecule has 2 amide bonds. The number of rotatable bonds is 4. The van der Waals surface area contributed by atoms with Gasteiger partial charge in [0.05, 0.1) is 17.9 Å². The molecule has 1 aromatic heterocycles. The Balaban J connectivity index is 1.49. The Morgan fingerprint density at radius 1 is 1.16 bits per heavy atom. The second-order valence-corrected chi connectivity index (χ2v) is 6.92. The lowest BCUT2D eigenvalue weighted by Gasteiger charge is -2.19. The normalized spacial score (nSPS) is 13.1. The molecule has 1 aliphatic heterocycles. The maximum atomic E-state index is 13.5. The first-order chi connectivity index (χ1) is 15.2. The maximum absolute atomic E-state index is 13.5. The molecule has 7 nitrogen and oxygen atoms in total. The molecule has 2 aromatic carbocycles. The van der Waals surface area contributed by atoms with E-state index in [0.717, 1.165) is 11.6 Å². The molecule has 0 radical (unpaired) electrons. The van der Waals surface area contributed by atoms with Gasteiger partial charge in [0.25, 0.3) is 0 Å². The lowest BCUT2D eigenvalue weighted by molar-refractivity contribution is -0.139. The van der Waals surface area contributed by atoms with E-state index in [1.165, 1.54) is 17.3 Å². The average molecular weight is 448 g/mol. The summed E-state index contributed by atoms with van der Waals surface area (Å²) in [6.45, 7) is 0.0474. The molecular weight excluding hydrogens is 432 g/mol. The molecule has 4 rings (SSSR count). The fraction of sp³-hybridized carbons (Fsp3) is 0.190. The molecule has 11 heteroatoms. The van der Waals surface area contributed by atoms with Crippen molar-refractivity contribution < 1.29 is 32.2 Å². The third kappa shape index (κ3) is 4.47. The largest absolute Gasteiger partial charge is 0.439 e. The molecule has 0 saturated heterocycles. The van der Waals surface area contributed by atoms with Gasteiger partial charge in [0.1, 0.15) is 17.9 Å². The van der Waals surface area contributed by atoms with Crippen LogP contribution in [-0.4, -0.2) is 27.7 Å². The second-order valence-electron chi connectivity index (χ2n) is 6.92. The Morgan fingerprint density at radius 2 is 1.97 bits per heavy atom. The molecule has 0 spiro atoms. The highest BCUT2D eigenvalue weighted by atomic mass is 19.4. The van der Waals surface area contributed by atoms with E-state index < -0.39 is 23.6 Å². The lowest BCUT2D eigenvalue weighted by Crippen LogP contribution is -2.33. The summed E-state index contributed by atoms with van der Waals surface area (Å²) in [7, 11) is 0. The Morgan fingerprint density at radius 3 is 2.72 bits per heavy atom. The summed E-state index contributed by atoms with van der Waals surface area (Å²) < 4.78 is 57.8. The van der Waals surface area contributed by atoms with Crippen molar-refractivity contribution in [3.8, 4) is 11.6 Å². The van der Waals surface area contributed by atoms with Crippen molar-refractivity contribution in [3.05, 3.63) is 71.4 Å². The molecule has 0 saturated carbocycles. The molecule has 0 aliphatic carbocycles. The van der Waals surface area contributed by atoms with Crippen molar-refractivity contribution in [3.63, 3.8) is 0 Å². The van der Waals surface area contributed by atoms with Crippen LogP contribution < -0.4 is 15.0 Å². The summed E-state index contributed by atoms with van der Waals surface area (Å²) in [4.78, 5) is 21.9. The number of nitrogens with one attached hydrogen (secondary N) is 1. The van der Waals surface area contributed by atoms with Gasteiger partial charge in [-0.2, -0.15) is 13.2 Å². The van der Waals surface area contributed by atoms with Gasteiger partial charge in [-0.25, -0.2) is 19.2 Å². The van der Waals surface area contributed by atoms with Gasteiger partial charge in [-0.15, -0.1) is 0 Å². The number of hydrogen-bond acceptors (Lipinski definition) is 5. The smallest absolute Gasteiger partial charge is 0.419 e. The van der Waals surface area contributed by atoms with Crippen LogP contribution >= 0.6 is 0 Å². The Hall–Kier alpha value is -3.73. The number of urea groups is 1. The highest BCUT2D eigenvalue weighted by Crippen LogP contribution is 2.35. The van der Waals surface area contributed by atoms with E-state index in [-0.39, 0.29) is 18.2 Å². The van der Waals surface area contributed by atoms with Gasteiger partial charge in [-0.1, -0.05) is 0 Å². The Bertz CT molecular complexity index is 1170. The van der Waals surface area contributed by atoms with Gasteiger partial charge >= 0.3 is 12.2 Å². The number of anilines is 2. The van der Waals surface area contributed by atoms with Crippen LogP contribution in [0.5, 0.6) is 11.6 Å². The van der Waals surface area contributed by atoms with Gasteiger partial charge in [-0.3, -0.25) is 4.90 Å². The van der Waals surface area contributed by atoms with Crippen LogP contribution in [0.25, 0.3) is 0 Å². The lowest BCUT2D eigenvalue weighted by atomic mass is 10.1. The third-order valence-corrected chi connectivity index (χ3v) is 4.80. The van der Waals surface area contributed by atoms with E-state index >= 15 is 0 Å². The molecule has 0 unspecified atom stereocenters. The maximum Gasteiger partial charge on any atom is 0.419 e. The van der Waals surface area contributed by atoms with Crippen LogP contribution in [0.4, 0.5) is 33.7 Å². The standard InChI is InChI=1S/C21H16F4N4O3/c22-17-3-1-13(8-16(17)21(23,24)25)28-20(31)29-6-5-12-7-15(2-4-18(12)29)32-19-9-14(10-30)26-11-27-19/h1-4,7-9,11,30H,5-6,10H2,(H,28,31). The van der Waals surface area contributed by atoms with Crippen LogP contribution in [-0.2, 0) is 19.2 Å². The van der Waals surface area contributed by atoms with Crippen molar-refractivity contribution in [1.82, 2.24) is 9.97 Å². The summed E-state index contributed by atoms with van der Waals surface area (Å²) in [6.07, 6.45) is -3.11. The molecule has 0 atom stereocenters. The predicted molar refractivity (Wildman–Crippen MR) is 106 cm³/mol. The number of fused-ring (bicyclic) bond motifs is 1. The van der Waals surface area contributed by atoms with Gasteiger partial charge in [0.2, 0.25) is 5.88 Å². The number of carbonyl (C=O) groups excluding carboxylic acids is 1. The van der Waals surface area contributed by atoms with E-state index in [4.69, 9.17) is 9.84 Å². The number of alkyl halides is 3. The summed E-state index contributed by atoms with van der Waals surface area (Å²) in [6, 6.07) is 8.13. The van der Waals surface area contributed by atoms with Gasteiger partial charge in [0.15, 0.2) is 0 Å². The van der Waals surface area contributed by atoms with Crippen LogP contribution in [0, 0.1) is 5.82 Å². The summed E-state index contributed by atoms with van der Waals surface area (Å²) in [5, 5.41) is 11.5. The number of aromatic nitrogens is 2. The number of aliphatic hydroxyl groups excluding tert-OH is 1. The number of halogens is 4. The average Bonchev–Trinajstić information content (AvgIpc) is 3.18. The fourth-order valence-corrected chi connectivity index (χ4v) is 3.30. The number of hydrogen-bond donors (Lipinski definition) is 2. The predicted octanol–water partition coefficient (Wildman–Crippen LogP) is 4.51. The molecule has 0 fully saturated rings. The van der Waals surface area contributed by atoms with Gasteiger partial charge in [0, 0.05) is 24.0 Å². The van der Waals surface area contributed by atoms with Crippen LogP contribution in [0.2, 0.25) is 0 Å². The molecule has 3 aromatic rings. The second kappa shape index (κ2) is 8.42. The van der Waals surface area contributed by atoms with E-state index in [1.807, 2.05) is 0 Å². The zero-order chi connectivity index (χ0) is 22.9. The van der Waals surface area contributed by atoms with Crippen molar-refractivity contribution in [2.24, 2.45) is 0 Å². The first-order valence-corrected chi connectivity index (χ1v) is 9.42. The first-order valence-electron chi connectivity index (χ1n) is 9.42. The van der Waals surface area contributed by atoms with E-state index in [1.54, 1.807) is 18.2 Å². The Kier molecular flexibility index (Phi) is 5.66. The third-order valence-electron chi connectivity index (χ3n) is 4.80. The number of nitrogens with zero attached hydrogens (tertiary/aromatic N) is 3. The van der Waals surface area contributed by atoms with Crippen molar-refractivity contribution in [1.29, 1.82) is 0 Å². The van der Waals surface area contributed by atoms with E-state index in [0.29, 0.717) is 42.2 Å². The molecule has 32 heavy (non-hydrogen) atoms. The van der Waals surface area contributed by atoms with Crippen LogP contribution in [0.15, 0.2) is 48.8 Å². The van der Waals surface area contributed by atoms with Crippen LogP contribution in [0.1, 0.15) is 16.8 Å². The number of ether oxygens (including phenoxy) is 1. The number of aliphatic hydroxyl groups is 1. The topological polar surface area (TPSA) is 87.6 Å². The molecule has 1 aliphatic rings. The van der Waals surface area contributed by atoms with Gasteiger partial charge in [-0.05, 0) is 48.4 Å². The van der Waals surface area contributed by atoms with Crippen molar-refractivity contribution >= 4 is 17.4 Å².